The van der Waals surface area contributed by atoms with E-state index >= 15 is 0 Å². The predicted molar refractivity (Wildman–Crippen MR) is 92.6 cm³/mol. The molecule has 0 saturated carbocycles. The van der Waals surface area contributed by atoms with Crippen LogP contribution in [0.25, 0.3) is 11.0 Å². The van der Waals surface area contributed by atoms with E-state index in [1.165, 1.54) is 11.8 Å². The lowest BCUT2D eigenvalue weighted by atomic mass is 10.2. The third-order valence-electron chi connectivity index (χ3n) is 3.67. The fraction of sp³-hybridized carbons (Fsp3) is 0.235. The molecular formula is C17H18N4OS. The zero-order valence-corrected chi connectivity index (χ0v) is 13.9. The van der Waals surface area contributed by atoms with Crippen LogP contribution in [0.4, 0.5) is 0 Å². The number of imidazole rings is 1. The first-order chi connectivity index (χ1) is 11.2. The summed E-state index contributed by atoms with van der Waals surface area (Å²) in [5, 5.41) is 3.68. The topological polar surface area (TPSA) is 59.8 Å². The number of carbonyl (C=O) groups excluding carboxylic acids is 1. The van der Waals surface area contributed by atoms with E-state index in [1.54, 1.807) is 18.3 Å². The molecule has 3 aromatic rings. The van der Waals surface area contributed by atoms with Crippen LogP contribution in [0.15, 0.2) is 47.6 Å². The van der Waals surface area contributed by atoms with E-state index in [1.807, 2.05) is 30.5 Å². The van der Waals surface area contributed by atoms with Gasteiger partial charge in [-0.25, -0.2) is 9.97 Å². The second kappa shape index (κ2) is 6.83. The molecule has 0 aliphatic rings. The molecule has 1 aromatic carbocycles. The van der Waals surface area contributed by atoms with Crippen LogP contribution in [0.1, 0.15) is 23.1 Å². The van der Waals surface area contributed by atoms with E-state index in [0.717, 1.165) is 28.4 Å². The van der Waals surface area contributed by atoms with Crippen LogP contribution >= 0.6 is 11.8 Å². The minimum Gasteiger partial charge on any atom is -0.345 e. The normalized spacial score (nSPS) is 10.9. The van der Waals surface area contributed by atoms with Crippen molar-refractivity contribution in [3.8, 4) is 0 Å². The molecule has 2 aromatic heterocycles. The van der Waals surface area contributed by atoms with Gasteiger partial charge in [0.05, 0.1) is 23.1 Å². The maximum absolute atomic E-state index is 12.4. The summed E-state index contributed by atoms with van der Waals surface area (Å²) in [4.78, 5) is 21.3. The molecule has 1 N–H and O–H groups in total. The number of hydrogen-bond donors (Lipinski definition) is 1. The van der Waals surface area contributed by atoms with Crippen molar-refractivity contribution in [3.63, 3.8) is 0 Å². The highest BCUT2D eigenvalue weighted by atomic mass is 32.2. The Balaban J connectivity index is 1.82. The summed E-state index contributed by atoms with van der Waals surface area (Å²) in [6.07, 6.45) is 3.61. The molecule has 0 radical (unpaired) electrons. The maximum atomic E-state index is 12.4. The van der Waals surface area contributed by atoms with Gasteiger partial charge in [0.25, 0.3) is 5.91 Å². The number of aromatic nitrogens is 3. The molecule has 6 heteroatoms. The number of thioether (sulfide) groups is 1. The molecule has 0 aliphatic carbocycles. The van der Waals surface area contributed by atoms with Gasteiger partial charge in [-0.1, -0.05) is 12.1 Å². The van der Waals surface area contributed by atoms with Gasteiger partial charge in [-0.2, -0.15) is 0 Å². The Kier molecular flexibility index (Phi) is 4.62. The number of benzene rings is 1. The fourth-order valence-electron chi connectivity index (χ4n) is 2.59. The minimum atomic E-state index is -0.128. The van der Waals surface area contributed by atoms with E-state index in [2.05, 4.69) is 26.8 Å². The fourth-order valence-corrected chi connectivity index (χ4v) is 3.14. The van der Waals surface area contributed by atoms with E-state index in [9.17, 15) is 4.79 Å². The Morgan fingerprint density at radius 3 is 2.87 bits per heavy atom. The van der Waals surface area contributed by atoms with Gasteiger partial charge in [0.1, 0.15) is 10.9 Å². The second-order valence-corrected chi connectivity index (χ2v) is 5.80. The number of amides is 1. The van der Waals surface area contributed by atoms with Crippen LogP contribution in [-0.4, -0.2) is 26.7 Å². The number of hydrogen-bond acceptors (Lipinski definition) is 4. The van der Waals surface area contributed by atoms with Crippen molar-refractivity contribution < 1.29 is 4.79 Å². The Morgan fingerprint density at radius 2 is 2.09 bits per heavy atom. The standard InChI is InChI=1S/C17H18N4OS/c1-3-21-14-9-5-4-8-13(14)20-15(21)11-19-16(22)12-7-6-10-18-17(12)23-2/h4-10H,3,11H2,1-2H3,(H,19,22). The van der Waals surface area contributed by atoms with E-state index in [0.29, 0.717) is 12.1 Å². The first-order valence-corrected chi connectivity index (χ1v) is 8.68. The van der Waals surface area contributed by atoms with E-state index in [-0.39, 0.29) is 5.91 Å². The van der Waals surface area contributed by atoms with Gasteiger partial charge in [0, 0.05) is 12.7 Å². The van der Waals surface area contributed by atoms with Gasteiger partial charge in [-0.3, -0.25) is 4.79 Å². The molecule has 0 fully saturated rings. The Labute approximate surface area is 139 Å². The first-order valence-electron chi connectivity index (χ1n) is 7.46. The SMILES string of the molecule is CCn1c(CNC(=O)c2cccnc2SC)nc2ccccc21. The number of nitrogens with zero attached hydrogens (tertiary/aromatic N) is 3. The summed E-state index contributed by atoms with van der Waals surface area (Å²) in [7, 11) is 0. The summed E-state index contributed by atoms with van der Waals surface area (Å²) >= 11 is 1.46. The Morgan fingerprint density at radius 1 is 1.26 bits per heavy atom. The summed E-state index contributed by atoms with van der Waals surface area (Å²) < 4.78 is 2.12. The highest BCUT2D eigenvalue weighted by molar-refractivity contribution is 7.98. The second-order valence-electron chi connectivity index (χ2n) is 5.00. The lowest BCUT2D eigenvalue weighted by molar-refractivity contribution is 0.0946. The molecule has 0 bridgehead atoms. The van der Waals surface area contributed by atoms with Crippen LogP contribution in [0, 0.1) is 0 Å². The summed E-state index contributed by atoms with van der Waals surface area (Å²) in [6.45, 7) is 3.28. The van der Waals surface area contributed by atoms with Crippen molar-refractivity contribution in [1.82, 2.24) is 19.9 Å². The van der Waals surface area contributed by atoms with Gasteiger partial charge in [0.2, 0.25) is 0 Å². The van der Waals surface area contributed by atoms with Crippen LogP contribution in [0.2, 0.25) is 0 Å². The van der Waals surface area contributed by atoms with Crippen LogP contribution in [-0.2, 0) is 13.1 Å². The van der Waals surface area contributed by atoms with Gasteiger partial charge in [-0.15, -0.1) is 11.8 Å². The molecule has 0 atom stereocenters. The third kappa shape index (κ3) is 3.07. The Hall–Kier alpha value is -2.34. The van der Waals surface area contributed by atoms with Crippen molar-refractivity contribution in [2.45, 2.75) is 25.0 Å². The van der Waals surface area contributed by atoms with Gasteiger partial charge < -0.3 is 9.88 Å². The molecule has 118 valence electrons. The summed E-state index contributed by atoms with van der Waals surface area (Å²) in [6, 6.07) is 11.6. The number of rotatable bonds is 5. The molecule has 0 aliphatic heterocycles. The number of fused-ring (bicyclic) bond motifs is 1. The minimum absolute atomic E-state index is 0.128. The van der Waals surface area contributed by atoms with Crippen molar-refractivity contribution >= 4 is 28.7 Å². The van der Waals surface area contributed by atoms with Crippen molar-refractivity contribution in [2.75, 3.05) is 6.26 Å². The number of carbonyl (C=O) groups is 1. The van der Waals surface area contributed by atoms with Gasteiger partial charge >= 0.3 is 0 Å². The predicted octanol–water partition coefficient (Wildman–Crippen LogP) is 3.10. The third-order valence-corrected chi connectivity index (χ3v) is 4.38. The van der Waals surface area contributed by atoms with Crippen LogP contribution in [0.5, 0.6) is 0 Å². The first kappa shape index (κ1) is 15.6. The molecule has 0 saturated heterocycles. The zero-order valence-electron chi connectivity index (χ0n) is 13.1. The van der Waals surface area contributed by atoms with Crippen LogP contribution in [0.3, 0.4) is 0 Å². The van der Waals surface area contributed by atoms with Crippen molar-refractivity contribution in [1.29, 1.82) is 0 Å². The number of aryl methyl sites for hydroxylation is 1. The maximum Gasteiger partial charge on any atom is 0.254 e. The van der Waals surface area contributed by atoms with Crippen molar-refractivity contribution in [3.05, 3.63) is 54.0 Å². The van der Waals surface area contributed by atoms with E-state index < -0.39 is 0 Å². The van der Waals surface area contributed by atoms with E-state index in [4.69, 9.17) is 0 Å². The molecule has 5 nitrogen and oxygen atoms in total. The summed E-state index contributed by atoms with van der Waals surface area (Å²) in [5.41, 5.74) is 2.63. The zero-order chi connectivity index (χ0) is 16.2. The monoisotopic (exact) mass is 326 g/mol. The lowest BCUT2D eigenvalue weighted by Crippen LogP contribution is -2.25. The molecule has 0 unspecified atom stereocenters. The Bertz CT molecular complexity index is 843. The molecule has 23 heavy (non-hydrogen) atoms. The van der Waals surface area contributed by atoms with Gasteiger partial charge in [0.15, 0.2) is 0 Å². The highest BCUT2D eigenvalue weighted by Gasteiger charge is 2.14. The summed E-state index contributed by atoms with van der Waals surface area (Å²) in [5.74, 6) is 0.730. The number of para-hydroxylation sites is 2. The molecule has 2 heterocycles. The highest BCUT2D eigenvalue weighted by Crippen LogP contribution is 2.18. The van der Waals surface area contributed by atoms with Crippen LogP contribution < -0.4 is 5.32 Å². The molecular weight excluding hydrogens is 308 g/mol. The largest absolute Gasteiger partial charge is 0.345 e. The van der Waals surface area contributed by atoms with Gasteiger partial charge in [-0.05, 0) is 37.4 Å². The molecule has 0 spiro atoms. The number of nitrogens with one attached hydrogen (secondary N) is 1. The average molecular weight is 326 g/mol. The molecule has 1 amide bonds. The van der Waals surface area contributed by atoms with Crippen molar-refractivity contribution in [2.24, 2.45) is 0 Å². The lowest BCUT2D eigenvalue weighted by Gasteiger charge is -2.09. The smallest absolute Gasteiger partial charge is 0.254 e. The average Bonchev–Trinajstić information content (AvgIpc) is 2.97. The number of pyridine rings is 1. The quantitative estimate of drug-likeness (QED) is 0.732. The molecule has 3 rings (SSSR count).